The number of nitrogens with zero attached hydrogens (tertiary/aromatic N) is 2. The van der Waals surface area contributed by atoms with E-state index in [0.717, 1.165) is 43.9 Å². The minimum absolute atomic E-state index is 0. The van der Waals surface area contributed by atoms with Gasteiger partial charge in [-0.05, 0) is 48.6 Å². The van der Waals surface area contributed by atoms with Crippen molar-refractivity contribution in [2.75, 3.05) is 25.1 Å². The van der Waals surface area contributed by atoms with Crippen LogP contribution in [0, 0.1) is 0 Å². The van der Waals surface area contributed by atoms with E-state index in [1.807, 2.05) is 17.4 Å². The van der Waals surface area contributed by atoms with Crippen LogP contribution in [0.1, 0.15) is 25.3 Å². The second-order valence-electron chi connectivity index (χ2n) is 7.33. The highest BCUT2D eigenvalue weighted by atomic mass is 35.5. The number of aromatic nitrogens is 1. The van der Waals surface area contributed by atoms with E-state index in [1.54, 1.807) is 13.3 Å². The summed E-state index contributed by atoms with van der Waals surface area (Å²) in [5.41, 5.74) is 1.46. The number of piperazine rings is 1. The molecule has 0 spiro atoms. The minimum Gasteiger partial charge on any atom is -0.493 e. The zero-order valence-corrected chi connectivity index (χ0v) is 19.1. The first-order chi connectivity index (χ1) is 13.7. The van der Waals surface area contributed by atoms with Gasteiger partial charge in [0.25, 0.3) is 0 Å². The monoisotopic (exact) mass is 451 g/mol. The van der Waals surface area contributed by atoms with Crippen LogP contribution in [0.25, 0.3) is 10.1 Å². The molecule has 4 rings (SSSR count). The fourth-order valence-corrected chi connectivity index (χ4v) is 5.31. The third kappa shape index (κ3) is 4.80. The molecule has 1 aromatic carbocycles. The first-order valence-electron chi connectivity index (χ1n) is 9.82. The van der Waals surface area contributed by atoms with E-state index >= 15 is 0 Å². The Labute approximate surface area is 187 Å². The van der Waals surface area contributed by atoms with Gasteiger partial charge in [0, 0.05) is 42.1 Å². The average molecular weight is 452 g/mol. The molecule has 0 radical (unpaired) electrons. The van der Waals surface area contributed by atoms with Gasteiger partial charge in [-0.25, -0.2) is 4.98 Å². The second-order valence-corrected chi connectivity index (χ2v) is 8.68. The van der Waals surface area contributed by atoms with E-state index < -0.39 is 0 Å². The molecule has 1 N–H and O–H groups in total. The van der Waals surface area contributed by atoms with E-state index in [4.69, 9.17) is 16.3 Å². The van der Waals surface area contributed by atoms with Crippen LogP contribution >= 0.6 is 35.3 Å². The highest BCUT2D eigenvalue weighted by molar-refractivity contribution is 7.17. The number of aryl methyl sites for hydroxylation is 1. The maximum Gasteiger partial charge on any atom is 0.171 e. The molecular formula is C22H27Cl2N3OS. The van der Waals surface area contributed by atoms with Crippen molar-refractivity contribution in [2.24, 2.45) is 0 Å². The van der Waals surface area contributed by atoms with Gasteiger partial charge in [-0.2, -0.15) is 0 Å². The number of ether oxygens (including phenoxy) is 1. The Morgan fingerprint density at radius 1 is 1.34 bits per heavy atom. The summed E-state index contributed by atoms with van der Waals surface area (Å²) in [5.74, 6) is 1.64. The van der Waals surface area contributed by atoms with Crippen LogP contribution in [-0.2, 0) is 6.42 Å². The summed E-state index contributed by atoms with van der Waals surface area (Å²) in [5, 5.41) is 7.94. The van der Waals surface area contributed by atoms with Gasteiger partial charge in [-0.3, -0.25) is 0 Å². The molecule has 1 aliphatic rings. The molecule has 3 heterocycles. The lowest BCUT2D eigenvalue weighted by Gasteiger charge is -2.42. The molecule has 3 aromatic rings. The third-order valence-corrected chi connectivity index (χ3v) is 6.81. The molecule has 2 atom stereocenters. The fourth-order valence-electron chi connectivity index (χ4n) is 4.16. The summed E-state index contributed by atoms with van der Waals surface area (Å²) in [6.07, 6.45) is 5.06. The van der Waals surface area contributed by atoms with Crippen molar-refractivity contribution in [3.63, 3.8) is 0 Å². The molecule has 2 aromatic heterocycles. The molecule has 0 aliphatic carbocycles. The molecule has 0 bridgehead atoms. The molecule has 1 fully saturated rings. The van der Waals surface area contributed by atoms with Gasteiger partial charge >= 0.3 is 0 Å². The average Bonchev–Trinajstić information content (AvgIpc) is 3.12. The standard InChI is InChI=1S/C22H26ClN3OS.ClH/c1-15-19(8-5-6-16-14-28-21-9-4-3-7-18(16)21)26(11-10-24-15)22-20(27-2)12-17(23)13-25-22;/h3-4,7,9,12-15,19,24H,5-6,8,10-11H2,1-2H3;1H. The number of hydrogen-bond acceptors (Lipinski definition) is 5. The van der Waals surface area contributed by atoms with Crippen molar-refractivity contribution < 1.29 is 4.74 Å². The summed E-state index contributed by atoms with van der Waals surface area (Å²) in [6.45, 7) is 4.13. The first kappa shape index (κ1) is 22.2. The number of halogens is 2. The Hall–Kier alpha value is -1.53. The van der Waals surface area contributed by atoms with Gasteiger partial charge in [-0.15, -0.1) is 23.7 Å². The van der Waals surface area contributed by atoms with Crippen molar-refractivity contribution in [1.29, 1.82) is 0 Å². The van der Waals surface area contributed by atoms with E-state index in [-0.39, 0.29) is 12.4 Å². The summed E-state index contributed by atoms with van der Waals surface area (Å²) < 4.78 is 6.94. The Kier molecular flexibility index (Phi) is 7.63. The predicted molar refractivity (Wildman–Crippen MR) is 126 cm³/mol. The zero-order chi connectivity index (χ0) is 19.5. The number of anilines is 1. The summed E-state index contributed by atoms with van der Waals surface area (Å²) in [4.78, 5) is 6.99. The number of hydrogen-bond donors (Lipinski definition) is 1. The van der Waals surface area contributed by atoms with Crippen molar-refractivity contribution >= 4 is 51.2 Å². The van der Waals surface area contributed by atoms with Gasteiger partial charge in [-0.1, -0.05) is 29.8 Å². The van der Waals surface area contributed by atoms with Crippen LogP contribution in [0.5, 0.6) is 5.75 Å². The Bertz CT molecular complexity index is 949. The van der Waals surface area contributed by atoms with Gasteiger partial charge in [0.05, 0.1) is 12.1 Å². The number of thiophene rings is 1. The topological polar surface area (TPSA) is 37.4 Å². The van der Waals surface area contributed by atoms with E-state index in [1.165, 1.54) is 15.6 Å². The number of rotatable bonds is 6. The van der Waals surface area contributed by atoms with Crippen LogP contribution in [-0.4, -0.2) is 37.3 Å². The number of fused-ring (bicyclic) bond motifs is 1. The second kappa shape index (κ2) is 9.98. The number of benzene rings is 1. The number of pyridine rings is 1. The van der Waals surface area contributed by atoms with Gasteiger partial charge in [0.1, 0.15) is 0 Å². The third-order valence-electron chi connectivity index (χ3n) is 5.60. The van der Waals surface area contributed by atoms with E-state index in [2.05, 4.69) is 51.8 Å². The Morgan fingerprint density at radius 2 is 2.17 bits per heavy atom. The van der Waals surface area contributed by atoms with Gasteiger partial charge in [0.2, 0.25) is 0 Å². The quantitative estimate of drug-likeness (QED) is 0.531. The number of nitrogens with one attached hydrogen (secondary N) is 1. The van der Waals surface area contributed by atoms with Crippen LogP contribution in [0.15, 0.2) is 41.9 Å². The van der Waals surface area contributed by atoms with Crippen LogP contribution in [0.2, 0.25) is 5.02 Å². The molecule has 0 amide bonds. The SMILES string of the molecule is COc1cc(Cl)cnc1N1CCNC(C)C1CCCc1csc2ccccc12.Cl. The van der Waals surface area contributed by atoms with Gasteiger partial charge < -0.3 is 15.0 Å². The zero-order valence-electron chi connectivity index (χ0n) is 16.7. The maximum absolute atomic E-state index is 6.12. The molecule has 7 heteroatoms. The molecule has 4 nitrogen and oxygen atoms in total. The summed E-state index contributed by atoms with van der Waals surface area (Å²) >= 11 is 7.96. The molecule has 29 heavy (non-hydrogen) atoms. The molecule has 1 saturated heterocycles. The maximum atomic E-state index is 6.12. The summed E-state index contributed by atoms with van der Waals surface area (Å²) in [6, 6.07) is 11.3. The van der Waals surface area contributed by atoms with Crippen LogP contribution in [0.4, 0.5) is 5.82 Å². The molecule has 2 unspecified atom stereocenters. The van der Waals surface area contributed by atoms with E-state index in [9.17, 15) is 0 Å². The Balaban J connectivity index is 0.00000240. The lowest BCUT2D eigenvalue weighted by atomic mass is 9.97. The molecular weight excluding hydrogens is 425 g/mol. The summed E-state index contributed by atoms with van der Waals surface area (Å²) in [7, 11) is 1.68. The van der Waals surface area contributed by atoms with Crippen molar-refractivity contribution in [3.05, 3.63) is 52.5 Å². The first-order valence-corrected chi connectivity index (χ1v) is 11.1. The highest BCUT2D eigenvalue weighted by Gasteiger charge is 2.30. The van der Waals surface area contributed by atoms with Crippen LogP contribution in [0.3, 0.4) is 0 Å². The largest absolute Gasteiger partial charge is 0.493 e. The minimum atomic E-state index is 0. The Morgan fingerprint density at radius 3 is 3.00 bits per heavy atom. The molecule has 156 valence electrons. The van der Waals surface area contributed by atoms with Crippen LogP contribution < -0.4 is 15.0 Å². The predicted octanol–water partition coefficient (Wildman–Crippen LogP) is 5.57. The van der Waals surface area contributed by atoms with Crippen molar-refractivity contribution in [3.8, 4) is 5.75 Å². The lowest BCUT2D eigenvalue weighted by Crippen LogP contribution is -2.57. The lowest BCUT2D eigenvalue weighted by molar-refractivity contribution is 0.352. The molecule has 0 saturated carbocycles. The normalized spacial score (nSPS) is 19.2. The smallest absolute Gasteiger partial charge is 0.171 e. The van der Waals surface area contributed by atoms with Crippen molar-refractivity contribution in [2.45, 2.75) is 38.3 Å². The molecule has 1 aliphatic heterocycles. The van der Waals surface area contributed by atoms with E-state index in [0.29, 0.717) is 17.1 Å². The highest BCUT2D eigenvalue weighted by Crippen LogP contribution is 2.33. The van der Waals surface area contributed by atoms with Gasteiger partial charge in [0.15, 0.2) is 11.6 Å². The number of methoxy groups -OCH3 is 1. The van der Waals surface area contributed by atoms with Crippen molar-refractivity contribution in [1.82, 2.24) is 10.3 Å². The fraction of sp³-hybridized carbons (Fsp3) is 0.409.